The fraction of sp³-hybridized carbons (Fsp3) is 0.595. The highest BCUT2D eigenvalue weighted by molar-refractivity contribution is 6.77. The van der Waals surface area contributed by atoms with E-state index in [1.807, 2.05) is 18.3 Å². The van der Waals surface area contributed by atoms with Gasteiger partial charge in [-0.3, -0.25) is 4.90 Å². The van der Waals surface area contributed by atoms with Crippen molar-refractivity contribution in [2.45, 2.75) is 122 Å². The van der Waals surface area contributed by atoms with Crippen LogP contribution in [0.2, 0.25) is 21.6 Å². The molecule has 7 nitrogen and oxygen atoms in total. The molecule has 2 fully saturated rings. The first-order valence-corrected chi connectivity index (χ1v) is 19.9. The van der Waals surface area contributed by atoms with E-state index in [1.165, 1.54) is 6.07 Å². The molecule has 10 heteroatoms. The first-order valence-electron chi connectivity index (χ1n) is 17.4. The lowest BCUT2D eigenvalue weighted by Gasteiger charge is -2.42. The van der Waals surface area contributed by atoms with E-state index in [-0.39, 0.29) is 6.10 Å². The number of ether oxygens (including phenoxy) is 3. The van der Waals surface area contributed by atoms with Gasteiger partial charge in [-0.15, -0.1) is 0 Å². The number of hydrogen-bond donors (Lipinski definition) is 0. The molecule has 2 unspecified atom stereocenters. The van der Waals surface area contributed by atoms with Crippen molar-refractivity contribution in [3.8, 4) is 11.5 Å². The van der Waals surface area contributed by atoms with Crippen LogP contribution in [-0.2, 0) is 34.6 Å². The maximum absolute atomic E-state index is 14.9. The van der Waals surface area contributed by atoms with Crippen molar-refractivity contribution in [2.24, 2.45) is 0 Å². The summed E-state index contributed by atoms with van der Waals surface area (Å²) >= 11 is 6.01. The van der Waals surface area contributed by atoms with Crippen molar-refractivity contribution >= 4 is 19.9 Å². The molecule has 0 N–H and O–H groups in total. The Morgan fingerprint density at radius 1 is 1.02 bits per heavy atom. The van der Waals surface area contributed by atoms with E-state index in [0.717, 1.165) is 69.1 Å². The highest BCUT2D eigenvalue weighted by Gasteiger charge is 2.46. The SMILES string of the molecule is CC(C)[Si](OCc1cnc(CN2CCC(c3cccc4c3OC(C)(c3ccc(Cl)cc3F)O4)CC2)n1CC1CCO1)(C(C)C)C(C)C. The van der Waals surface area contributed by atoms with E-state index in [9.17, 15) is 4.39 Å². The minimum Gasteiger partial charge on any atom is -0.444 e. The maximum atomic E-state index is 14.9. The Kier molecular flexibility index (Phi) is 10.1. The van der Waals surface area contributed by atoms with Crippen LogP contribution in [0.5, 0.6) is 11.5 Å². The standard InChI is InChI=1S/C37H51ClFN3O4Si/c1-24(2)47(25(3)4,26(5)6)44-23-29-20-40-35(42(29)21-30-15-18-43-30)22-41-16-13-27(14-17-41)31-9-8-10-34-36(31)46-37(7,45-34)32-12-11-28(38)19-33(32)39/h8-12,19-20,24-27,30H,13-18,21-23H2,1-7H3. The summed E-state index contributed by atoms with van der Waals surface area (Å²) in [6.45, 7) is 20.7. The van der Waals surface area contributed by atoms with Gasteiger partial charge < -0.3 is 23.2 Å². The van der Waals surface area contributed by atoms with Gasteiger partial charge in [0.1, 0.15) is 11.6 Å². The normalized spacial score (nSPS) is 22.1. The van der Waals surface area contributed by atoms with Gasteiger partial charge in [-0.05, 0) is 79.2 Å². The molecular formula is C37H51ClFN3O4Si. The second-order valence-corrected chi connectivity index (χ2v) is 20.6. The molecule has 47 heavy (non-hydrogen) atoms. The number of imidazole rings is 1. The number of likely N-dealkylation sites (tertiary alicyclic amines) is 1. The van der Waals surface area contributed by atoms with Crippen molar-refractivity contribution in [3.05, 3.63) is 76.1 Å². The molecule has 256 valence electrons. The predicted octanol–water partition coefficient (Wildman–Crippen LogP) is 9.18. The molecule has 0 bridgehead atoms. The van der Waals surface area contributed by atoms with Crippen molar-refractivity contribution in [1.29, 1.82) is 0 Å². The minimum absolute atomic E-state index is 0.240. The van der Waals surface area contributed by atoms with Crippen LogP contribution in [0.15, 0.2) is 42.6 Å². The monoisotopic (exact) mass is 683 g/mol. The number of aromatic nitrogens is 2. The second-order valence-electron chi connectivity index (χ2n) is 14.7. The van der Waals surface area contributed by atoms with Crippen molar-refractivity contribution in [2.75, 3.05) is 19.7 Å². The third-order valence-corrected chi connectivity index (χ3v) is 17.1. The predicted molar refractivity (Wildman–Crippen MR) is 186 cm³/mol. The molecule has 0 saturated carbocycles. The molecular weight excluding hydrogens is 633 g/mol. The first kappa shape index (κ1) is 34.4. The maximum Gasteiger partial charge on any atom is 0.278 e. The van der Waals surface area contributed by atoms with Crippen LogP contribution in [0, 0.1) is 5.82 Å². The van der Waals surface area contributed by atoms with Gasteiger partial charge >= 0.3 is 0 Å². The molecule has 0 amide bonds. The van der Waals surface area contributed by atoms with Gasteiger partial charge in [0.05, 0.1) is 43.3 Å². The van der Waals surface area contributed by atoms with Gasteiger partial charge in [0.25, 0.3) is 5.79 Å². The van der Waals surface area contributed by atoms with Crippen LogP contribution in [0.4, 0.5) is 4.39 Å². The van der Waals surface area contributed by atoms with Crippen molar-refractivity contribution in [1.82, 2.24) is 14.5 Å². The lowest BCUT2D eigenvalue weighted by atomic mass is 9.88. The summed E-state index contributed by atoms with van der Waals surface area (Å²) in [6, 6.07) is 10.6. The zero-order valence-electron chi connectivity index (χ0n) is 29.0. The summed E-state index contributed by atoms with van der Waals surface area (Å²) in [5.74, 6) is 1.07. The number of benzene rings is 2. The van der Waals surface area contributed by atoms with Gasteiger partial charge in [0.15, 0.2) is 11.5 Å². The average molecular weight is 684 g/mol. The third-order valence-electron chi connectivity index (χ3n) is 10.8. The largest absolute Gasteiger partial charge is 0.444 e. The van der Waals surface area contributed by atoms with Crippen LogP contribution in [0.25, 0.3) is 0 Å². The number of nitrogens with zero attached hydrogens (tertiary/aromatic N) is 3. The summed E-state index contributed by atoms with van der Waals surface area (Å²) in [5, 5.41) is 0.341. The molecule has 1 aromatic heterocycles. The van der Waals surface area contributed by atoms with Crippen molar-refractivity contribution in [3.63, 3.8) is 0 Å². The second kappa shape index (κ2) is 13.8. The lowest BCUT2D eigenvalue weighted by Crippen LogP contribution is -2.47. The number of halogens is 2. The number of rotatable bonds is 12. The smallest absolute Gasteiger partial charge is 0.278 e. The van der Waals surface area contributed by atoms with E-state index in [2.05, 4.69) is 57.1 Å². The number of piperidine rings is 1. The van der Waals surface area contributed by atoms with E-state index < -0.39 is 19.9 Å². The molecule has 2 saturated heterocycles. The molecule has 3 aliphatic rings. The van der Waals surface area contributed by atoms with Gasteiger partial charge in [0.2, 0.25) is 8.32 Å². The van der Waals surface area contributed by atoms with Crippen LogP contribution in [-0.4, -0.2) is 48.6 Å². The van der Waals surface area contributed by atoms with Crippen LogP contribution in [0.1, 0.15) is 96.3 Å². The quantitative estimate of drug-likeness (QED) is 0.178. The van der Waals surface area contributed by atoms with Crippen LogP contribution >= 0.6 is 11.6 Å². The summed E-state index contributed by atoms with van der Waals surface area (Å²) < 4.78 is 42.8. The van der Waals surface area contributed by atoms with E-state index in [1.54, 1.807) is 19.1 Å². The van der Waals surface area contributed by atoms with E-state index >= 15 is 0 Å². The molecule has 0 aliphatic carbocycles. The fourth-order valence-electron chi connectivity index (χ4n) is 8.29. The van der Waals surface area contributed by atoms with E-state index in [0.29, 0.717) is 51.2 Å². The lowest BCUT2D eigenvalue weighted by molar-refractivity contribution is -0.0712. The van der Waals surface area contributed by atoms with Gasteiger partial charge in [0, 0.05) is 24.1 Å². The number of para-hydroxylation sites is 1. The molecule has 0 spiro atoms. The Balaban J connectivity index is 1.14. The minimum atomic E-state index is -2.01. The Bertz CT molecular complexity index is 1530. The number of hydrogen-bond acceptors (Lipinski definition) is 6. The Morgan fingerprint density at radius 3 is 2.34 bits per heavy atom. The molecule has 2 atom stereocenters. The summed E-state index contributed by atoms with van der Waals surface area (Å²) in [5.41, 5.74) is 4.20. The molecule has 0 radical (unpaired) electrons. The summed E-state index contributed by atoms with van der Waals surface area (Å²) in [6.07, 6.45) is 5.33. The summed E-state index contributed by atoms with van der Waals surface area (Å²) in [4.78, 5) is 7.47. The first-order chi connectivity index (χ1) is 22.4. The van der Waals surface area contributed by atoms with Gasteiger partial charge in [-0.2, -0.15) is 0 Å². The molecule has 6 rings (SSSR count). The fourth-order valence-corrected chi connectivity index (χ4v) is 13.8. The molecule has 3 aliphatic heterocycles. The Labute approximate surface area is 285 Å². The zero-order valence-corrected chi connectivity index (χ0v) is 30.8. The van der Waals surface area contributed by atoms with Crippen molar-refractivity contribution < 1.29 is 23.0 Å². The highest BCUT2D eigenvalue weighted by Crippen LogP contribution is 2.50. The van der Waals surface area contributed by atoms with Crippen LogP contribution in [0.3, 0.4) is 0 Å². The molecule has 4 heterocycles. The topological polar surface area (TPSA) is 58.0 Å². The summed E-state index contributed by atoms with van der Waals surface area (Å²) in [7, 11) is -2.01. The molecule has 3 aromatic rings. The van der Waals surface area contributed by atoms with Gasteiger partial charge in [-0.25, -0.2) is 9.37 Å². The third kappa shape index (κ3) is 6.75. The Morgan fingerprint density at radius 2 is 1.72 bits per heavy atom. The molecule has 2 aromatic carbocycles. The highest BCUT2D eigenvalue weighted by atomic mass is 35.5. The van der Waals surface area contributed by atoms with Crippen LogP contribution < -0.4 is 9.47 Å². The number of fused-ring (bicyclic) bond motifs is 1. The Hall–Kier alpha value is -2.43. The average Bonchev–Trinajstić information content (AvgIpc) is 3.54. The van der Waals surface area contributed by atoms with E-state index in [4.69, 9.17) is 35.2 Å². The zero-order chi connectivity index (χ0) is 33.5. The van der Waals surface area contributed by atoms with Gasteiger partial charge in [-0.1, -0.05) is 65.3 Å².